The predicted molar refractivity (Wildman–Crippen MR) is 184 cm³/mol. The number of benzene rings is 3. The highest BCUT2D eigenvalue weighted by atomic mass is 16.6. The Balaban J connectivity index is 1.02. The molecule has 3 aromatic heterocycles. The lowest BCUT2D eigenvalue weighted by Gasteiger charge is -2.31. The number of amides is 1. The summed E-state index contributed by atoms with van der Waals surface area (Å²) in [5, 5.41) is 3.37. The zero-order chi connectivity index (χ0) is 32.9. The van der Waals surface area contributed by atoms with Crippen molar-refractivity contribution in [2.24, 2.45) is 0 Å². The van der Waals surface area contributed by atoms with Gasteiger partial charge in [-0.25, -0.2) is 24.6 Å². The van der Waals surface area contributed by atoms with Crippen molar-refractivity contribution < 1.29 is 14.3 Å². The van der Waals surface area contributed by atoms with Gasteiger partial charge in [0, 0.05) is 44.0 Å². The van der Waals surface area contributed by atoms with Crippen LogP contribution in [0.1, 0.15) is 24.0 Å². The third-order valence-corrected chi connectivity index (χ3v) is 8.33. The van der Waals surface area contributed by atoms with Crippen LogP contribution in [-0.4, -0.2) is 49.5 Å². The summed E-state index contributed by atoms with van der Waals surface area (Å²) in [6, 6.07) is 30.8. The average molecular weight is 636 g/mol. The summed E-state index contributed by atoms with van der Waals surface area (Å²) in [7, 11) is 0. The second-order valence-electron chi connectivity index (χ2n) is 11.6. The number of carbonyl (C=O) groups is 1. The first kappa shape index (κ1) is 30.4. The molecule has 4 heterocycles. The molecule has 0 radical (unpaired) electrons. The van der Waals surface area contributed by atoms with Crippen molar-refractivity contribution in [1.82, 2.24) is 24.3 Å². The van der Waals surface area contributed by atoms with E-state index in [1.165, 1.54) is 0 Å². The Morgan fingerprint density at radius 2 is 1.79 bits per heavy atom. The number of imidazole rings is 1. The van der Waals surface area contributed by atoms with Crippen LogP contribution in [0, 0.1) is 13.5 Å². The number of hydrogen-bond acceptors (Lipinski definition) is 7. The van der Waals surface area contributed by atoms with E-state index in [-0.39, 0.29) is 18.8 Å². The summed E-state index contributed by atoms with van der Waals surface area (Å²) in [6.07, 6.45) is 4.86. The lowest BCUT2D eigenvalue weighted by molar-refractivity contribution is 0.0638. The number of anilines is 2. The Hall–Kier alpha value is -6.21. The largest absolute Gasteiger partial charge is 0.490 e. The predicted octanol–water partition coefficient (Wildman–Crippen LogP) is 8.24. The SMILES string of the molecule is [C-]#[N+]c1cccc(-c2nc3ccccn3c2-c2ccnc(Nc3ccc(OC4CCN(C(=O)OCc5ccccc5)CC4)cc3C)n2)c1. The summed E-state index contributed by atoms with van der Waals surface area (Å²) in [5.74, 6) is 1.22. The number of fused-ring (bicyclic) bond motifs is 1. The zero-order valence-corrected chi connectivity index (χ0v) is 26.4. The Morgan fingerprint density at radius 1 is 0.958 bits per heavy atom. The van der Waals surface area contributed by atoms with Crippen molar-refractivity contribution in [2.45, 2.75) is 32.5 Å². The van der Waals surface area contributed by atoms with Crippen LogP contribution in [0.2, 0.25) is 0 Å². The first-order valence-corrected chi connectivity index (χ1v) is 15.8. The molecule has 48 heavy (non-hydrogen) atoms. The molecule has 0 aliphatic carbocycles. The van der Waals surface area contributed by atoms with Gasteiger partial charge in [0.2, 0.25) is 5.95 Å². The fourth-order valence-electron chi connectivity index (χ4n) is 5.84. The van der Waals surface area contributed by atoms with Gasteiger partial charge in [0.25, 0.3) is 0 Å². The van der Waals surface area contributed by atoms with Gasteiger partial charge in [-0.2, -0.15) is 0 Å². The van der Waals surface area contributed by atoms with Gasteiger partial charge in [-0.3, -0.25) is 4.40 Å². The Kier molecular flexibility index (Phi) is 8.66. The molecule has 1 aliphatic rings. The summed E-state index contributed by atoms with van der Waals surface area (Å²) >= 11 is 0. The molecule has 0 bridgehead atoms. The van der Waals surface area contributed by atoms with Crippen LogP contribution in [0.3, 0.4) is 0 Å². The second kappa shape index (κ2) is 13.6. The molecule has 0 unspecified atom stereocenters. The van der Waals surface area contributed by atoms with Gasteiger partial charge >= 0.3 is 6.09 Å². The number of aryl methyl sites for hydroxylation is 1. The normalized spacial score (nSPS) is 13.2. The van der Waals surface area contributed by atoms with E-state index in [1.54, 1.807) is 17.2 Å². The highest BCUT2D eigenvalue weighted by Crippen LogP contribution is 2.34. The van der Waals surface area contributed by atoms with Crippen LogP contribution in [0.5, 0.6) is 5.75 Å². The maximum absolute atomic E-state index is 12.6. The Bertz CT molecular complexity index is 2110. The molecule has 0 atom stereocenters. The molecule has 1 saturated heterocycles. The highest BCUT2D eigenvalue weighted by Gasteiger charge is 2.25. The number of pyridine rings is 1. The van der Waals surface area contributed by atoms with Crippen molar-refractivity contribution in [3.8, 4) is 28.4 Å². The minimum atomic E-state index is -0.290. The molecule has 7 rings (SSSR count). The molecule has 1 fully saturated rings. The molecule has 3 aromatic carbocycles. The molecule has 10 heteroatoms. The smallest absolute Gasteiger partial charge is 0.410 e. The van der Waals surface area contributed by atoms with Crippen molar-refractivity contribution in [2.75, 3.05) is 18.4 Å². The first-order valence-electron chi connectivity index (χ1n) is 15.8. The monoisotopic (exact) mass is 635 g/mol. The molecule has 10 nitrogen and oxygen atoms in total. The summed E-state index contributed by atoms with van der Waals surface area (Å²) < 4.78 is 13.8. The van der Waals surface area contributed by atoms with Crippen LogP contribution < -0.4 is 10.1 Å². The molecular weight excluding hydrogens is 602 g/mol. The molecule has 1 N–H and O–H groups in total. The number of nitrogens with zero attached hydrogens (tertiary/aromatic N) is 6. The number of rotatable bonds is 8. The third kappa shape index (κ3) is 6.66. The van der Waals surface area contributed by atoms with E-state index in [0.717, 1.165) is 58.0 Å². The lowest BCUT2D eigenvalue weighted by Crippen LogP contribution is -2.42. The Morgan fingerprint density at radius 3 is 2.60 bits per heavy atom. The van der Waals surface area contributed by atoms with Gasteiger partial charge in [-0.05, 0) is 66.1 Å². The van der Waals surface area contributed by atoms with E-state index in [0.29, 0.717) is 30.4 Å². The second-order valence-corrected chi connectivity index (χ2v) is 11.6. The maximum Gasteiger partial charge on any atom is 0.410 e. The quantitative estimate of drug-likeness (QED) is 0.168. The van der Waals surface area contributed by atoms with E-state index in [2.05, 4.69) is 15.1 Å². The van der Waals surface area contributed by atoms with Crippen molar-refractivity contribution in [3.63, 3.8) is 0 Å². The molecule has 0 saturated carbocycles. The number of likely N-dealkylation sites (tertiary alicyclic amines) is 1. The van der Waals surface area contributed by atoms with Crippen molar-refractivity contribution >= 4 is 29.1 Å². The van der Waals surface area contributed by atoms with Crippen LogP contribution in [0.25, 0.3) is 33.1 Å². The van der Waals surface area contributed by atoms with Gasteiger partial charge in [0.15, 0.2) is 5.69 Å². The van der Waals surface area contributed by atoms with Gasteiger partial charge in [0.1, 0.15) is 24.1 Å². The fourth-order valence-corrected chi connectivity index (χ4v) is 5.84. The van der Waals surface area contributed by atoms with E-state index in [4.69, 9.17) is 26.0 Å². The summed E-state index contributed by atoms with van der Waals surface area (Å²) in [4.78, 5) is 32.2. The number of carbonyl (C=O) groups excluding carboxylic acids is 1. The molecule has 6 aromatic rings. The number of ether oxygens (including phenoxy) is 2. The topological polar surface area (TPSA) is 98.2 Å². The minimum Gasteiger partial charge on any atom is -0.490 e. The number of piperidine rings is 1. The average Bonchev–Trinajstić information content (AvgIpc) is 3.53. The Labute approximate surface area is 278 Å². The van der Waals surface area contributed by atoms with Crippen LogP contribution in [0.4, 0.5) is 22.1 Å². The standard InChI is InChI=1S/C38H33N7O3/c1-26-23-31(48-30-17-21-44(22-18-30)38(46)47-25-27-9-4-3-5-10-27)14-15-32(26)41-37-40-19-16-33(42-37)36-35(28-11-8-12-29(24-28)39-2)43-34-13-6-7-20-45(34)36/h3-16,19-20,23-24,30H,17-18,21-22,25H2,1H3,(H,40,41,42). The van der Waals surface area contributed by atoms with Gasteiger partial charge < -0.3 is 19.7 Å². The fraction of sp³-hybridized carbons (Fsp3) is 0.184. The van der Waals surface area contributed by atoms with Crippen molar-refractivity contribution in [3.05, 3.63) is 132 Å². The van der Waals surface area contributed by atoms with Crippen LogP contribution >= 0.6 is 0 Å². The van der Waals surface area contributed by atoms with Gasteiger partial charge in [-0.15, -0.1) is 0 Å². The number of aromatic nitrogens is 4. The third-order valence-electron chi connectivity index (χ3n) is 8.33. The highest BCUT2D eigenvalue weighted by molar-refractivity contribution is 5.82. The zero-order valence-electron chi connectivity index (χ0n) is 26.4. The van der Waals surface area contributed by atoms with E-state index < -0.39 is 0 Å². The molecule has 1 aliphatic heterocycles. The maximum atomic E-state index is 12.6. The van der Waals surface area contributed by atoms with E-state index in [9.17, 15) is 4.79 Å². The lowest BCUT2D eigenvalue weighted by atomic mass is 10.1. The molecule has 0 spiro atoms. The minimum absolute atomic E-state index is 0.0107. The van der Waals surface area contributed by atoms with E-state index >= 15 is 0 Å². The molecule has 238 valence electrons. The van der Waals surface area contributed by atoms with Gasteiger partial charge in [-0.1, -0.05) is 54.6 Å². The first-order chi connectivity index (χ1) is 23.5. The van der Waals surface area contributed by atoms with Crippen LogP contribution in [0.15, 0.2) is 109 Å². The number of hydrogen-bond donors (Lipinski definition) is 1. The van der Waals surface area contributed by atoms with Gasteiger partial charge in [0.05, 0.1) is 23.7 Å². The molecule has 1 amide bonds. The van der Waals surface area contributed by atoms with Crippen LogP contribution in [-0.2, 0) is 11.3 Å². The number of nitrogens with one attached hydrogen (secondary N) is 1. The summed E-state index contributed by atoms with van der Waals surface area (Å²) in [5.41, 5.74) is 7.24. The summed E-state index contributed by atoms with van der Waals surface area (Å²) in [6.45, 7) is 10.9. The van der Waals surface area contributed by atoms with E-state index in [1.807, 2.05) is 109 Å². The molecular formula is C38H33N7O3. The van der Waals surface area contributed by atoms with Crippen molar-refractivity contribution in [1.29, 1.82) is 0 Å².